The Morgan fingerprint density at radius 3 is 2.25 bits per heavy atom. The van der Waals surface area contributed by atoms with E-state index in [1.807, 2.05) is 0 Å². The van der Waals surface area contributed by atoms with Crippen LogP contribution in [0.1, 0.15) is 11.1 Å². The van der Waals surface area contributed by atoms with E-state index < -0.39 is 5.09 Å². The highest BCUT2D eigenvalue weighted by Crippen LogP contribution is 2.23. The first kappa shape index (κ1) is 13.4. The summed E-state index contributed by atoms with van der Waals surface area (Å²) in [5, 5.41) is 28.0. The molecular weight excluding hydrogens is 262 g/mol. The molecule has 2 rings (SSSR count). The Balaban J connectivity index is 2.22. The zero-order valence-corrected chi connectivity index (χ0v) is 10.3. The van der Waals surface area contributed by atoms with Crippen LogP contribution in [0.4, 0.5) is 0 Å². The third kappa shape index (κ3) is 3.74. The van der Waals surface area contributed by atoms with E-state index >= 15 is 0 Å². The highest BCUT2D eigenvalue weighted by molar-refractivity contribution is 5.71. The van der Waals surface area contributed by atoms with Crippen LogP contribution in [0.3, 0.4) is 0 Å². The summed E-state index contributed by atoms with van der Waals surface area (Å²) >= 11 is 0. The SMILES string of the molecule is O=[N+]([O-])Oc1cc(O)cc(/C=C/c2ccc(O)cc2)c1. The van der Waals surface area contributed by atoms with Crippen LogP contribution in [-0.2, 0) is 0 Å². The maximum Gasteiger partial charge on any atom is 0.299 e. The van der Waals surface area contributed by atoms with E-state index in [-0.39, 0.29) is 17.2 Å². The van der Waals surface area contributed by atoms with Gasteiger partial charge in [0.05, 0.1) is 0 Å². The van der Waals surface area contributed by atoms with Crippen LogP contribution in [0, 0.1) is 10.1 Å². The van der Waals surface area contributed by atoms with E-state index in [1.54, 1.807) is 36.4 Å². The molecule has 0 aliphatic heterocycles. The molecule has 0 atom stereocenters. The molecular formula is C14H11NO5. The summed E-state index contributed by atoms with van der Waals surface area (Å²) < 4.78 is 0. The molecule has 2 aromatic carbocycles. The standard InChI is InChI=1S/C14H11NO5/c16-12-5-3-10(4-6-12)1-2-11-7-13(17)9-14(8-11)20-15(18)19/h1-9,16-17H/b2-1+. The fourth-order valence-electron chi connectivity index (χ4n) is 1.62. The van der Waals surface area contributed by atoms with Gasteiger partial charge >= 0.3 is 0 Å². The molecule has 2 aromatic rings. The van der Waals surface area contributed by atoms with E-state index in [4.69, 9.17) is 5.11 Å². The van der Waals surface area contributed by atoms with Crippen molar-refractivity contribution in [1.82, 2.24) is 0 Å². The smallest absolute Gasteiger partial charge is 0.299 e. The molecule has 0 aliphatic carbocycles. The second-order valence-corrected chi connectivity index (χ2v) is 4.00. The normalized spacial score (nSPS) is 10.6. The van der Waals surface area contributed by atoms with Gasteiger partial charge in [0.1, 0.15) is 17.2 Å². The first-order valence-electron chi connectivity index (χ1n) is 5.66. The molecule has 102 valence electrons. The van der Waals surface area contributed by atoms with Crippen molar-refractivity contribution >= 4 is 12.2 Å². The van der Waals surface area contributed by atoms with Crippen LogP contribution in [0.2, 0.25) is 0 Å². The lowest BCUT2D eigenvalue weighted by Crippen LogP contribution is -2.03. The Hall–Kier alpha value is -3.02. The average Bonchev–Trinajstić information content (AvgIpc) is 2.36. The number of benzene rings is 2. The zero-order chi connectivity index (χ0) is 14.5. The average molecular weight is 273 g/mol. The lowest BCUT2D eigenvalue weighted by atomic mass is 10.1. The van der Waals surface area contributed by atoms with E-state index in [0.29, 0.717) is 5.56 Å². The molecule has 6 heteroatoms. The molecule has 0 spiro atoms. The molecule has 0 bridgehead atoms. The largest absolute Gasteiger partial charge is 0.508 e. The lowest BCUT2D eigenvalue weighted by molar-refractivity contribution is -0.711. The molecule has 2 N–H and O–H groups in total. The summed E-state index contributed by atoms with van der Waals surface area (Å²) in [5.41, 5.74) is 1.39. The van der Waals surface area contributed by atoms with Crippen LogP contribution >= 0.6 is 0 Å². The first-order chi connectivity index (χ1) is 9.52. The van der Waals surface area contributed by atoms with Gasteiger partial charge in [0, 0.05) is 6.07 Å². The number of hydrogen-bond donors (Lipinski definition) is 2. The number of hydrogen-bond acceptors (Lipinski definition) is 5. The minimum Gasteiger partial charge on any atom is -0.508 e. The summed E-state index contributed by atoms with van der Waals surface area (Å²) in [6.07, 6.45) is 3.41. The van der Waals surface area contributed by atoms with Gasteiger partial charge in [-0.1, -0.05) is 24.3 Å². The van der Waals surface area contributed by atoms with Crippen molar-refractivity contribution in [1.29, 1.82) is 0 Å². The minimum atomic E-state index is -0.942. The van der Waals surface area contributed by atoms with E-state index in [0.717, 1.165) is 11.6 Å². The highest BCUT2D eigenvalue weighted by Gasteiger charge is 2.03. The summed E-state index contributed by atoms with van der Waals surface area (Å²) in [7, 11) is 0. The maximum absolute atomic E-state index is 10.3. The number of nitrogens with zero attached hydrogens (tertiary/aromatic N) is 1. The Kier molecular flexibility index (Phi) is 3.85. The first-order valence-corrected chi connectivity index (χ1v) is 5.66. The molecule has 0 heterocycles. The van der Waals surface area contributed by atoms with E-state index in [2.05, 4.69) is 4.84 Å². The van der Waals surface area contributed by atoms with Crippen molar-refractivity contribution in [3.63, 3.8) is 0 Å². The fraction of sp³-hybridized carbons (Fsp3) is 0. The number of phenolic OH excluding ortho intramolecular Hbond substituents is 2. The maximum atomic E-state index is 10.3. The van der Waals surface area contributed by atoms with E-state index in [9.17, 15) is 15.2 Å². The van der Waals surface area contributed by atoms with Gasteiger partial charge in [-0.15, -0.1) is 10.1 Å². The Labute approximate surface area is 114 Å². The van der Waals surface area contributed by atoms with Crippen molar-refractivity contribution < 1.29 is 20.1 Å². The molecule has 0 amide bonds. The van der Waals surface area contributed by atoms with Gasteiger partial charge in [0.2, 0.25) is 0 Å². The Morgan fingerprint density at radius 2 is 1.60 bits per heavy atom. The molecule has 0 saturated carbocycles. The third-order valence-corrected chi connectivity index (χ3v) is 2.45. The van der Waals surface area contributed by atoms with Gasteiger partial charge in [-0.2, -0.15) is 0 Å². The van der Waals surface area contributed by atoms with Crippen LogP contribution in [-0.4, -0.2) is 15.3 Å². The second-order valence-electron chi connectivity index (χ2n) is 4.00. The second kappa shape index (κ2) is 5.75. The quantitative estimate of drug-likeness (QED) is 0.507. The molecule has 0 aromatic heterocycles. The fourth-order valence-corrected chi connectivity index (χ4v) is 1.62. The molecule has 0 saturated heterocycles. The summed E-state index contributed by atoms with van der Waals surface area (Å²) in [4.78, 5) is 14.6. The summed E-state index contributed by atoms with van der Waals surface area (Å²) in [6, 6.07) is 10.5. The number of aromatic hydroxyl groups is 2. The molecule has 6 nitrogen and oxygen atoms in total. The predicted molar refractivity (Wildman–Crippen MR) is 72.8 cm³/mol. The predicted octanol–water partition coefficient (Wildman–Crippen LogP) is 2.84. The highest BCUT2D eigenvalue weighted by atomic mass is 17.0. The van der Waals surface area contributed by atoms with Crippen molar-refractivity contribution in [2.45, 2.75) is 0 Å². The minimum absolute atomic E-state index is 0.0552. The zero-order valence-electron chi connectivity index (χ0n) is 10.3. The number of rotatable bonds is 4. The molecule has 20 heavy (non-hydrogen) atoms. The van der Waals surface area contributed by atoms with Crippen LogP contribution < -0.4 is 4.84 Å². The lowest BCUT2D eigenvalue weighted by Gasteiger charge is -2.02. The van der Waals surface area contributed by atoms with Crippen molar-refractivity contribution in [3.8, 4) is 17.2 Å². The Bertz CT molecular complexity index is 649. The van der Waals surface area contributed by atoms with Gasteiger partial charge in [-0.05, 0) is 35.4 Å². The molecule has 0 radical (unpaired) electrons. The number of phenols is 2. The van der Waals surface area contributed by atoms with Crippen molar-refractivity contribution in [3.05, 3.63) is 63.7 Å². The van der Waals surface area contributed by atoms with Crippen LogP contribution in [0.25, 0.3) is 12.2 Å². The third-order valence-electron chi connectivity index (χ3n) is 2.45. The summed E-state index contributed by atoms with van der Waals surface area (Å²) in [5.74, 6) is -0.0174. The van der Waals surface area contributed by atoms with E-state index in [1.165, 1.54) is 12.1 Å². The van der Waals surface area contributed by atoms with Gasteiger partial charge in [0.25, 0.3) is 5.09 Å². The van der Waals surface area contributed by atoms with Crippen LogP contribution in [0.15, 0.2) is 42.5 Å². The monoisotopic (exact) mass is 273 g/mol. The van der Waals surface area contributed by atoms with Gasteiger partial charge in [-0.3, -0.25) is 4.84 Å². The molecule has 0 aliphatic rings. The van der Waals surface area contributed by atoms with Gasteiger partial charge in [-0.25, -0.2) is 0 Å². The Morgan fingerprint density at radius 1 is 0.950 bits per heavy atom. The summed E-state index contributed by atoms with van der Waals surface area (Å²) in [6.45, 7) is 0. The topological polar surface area (TPSA) is 92.8 Å². The van der Waals surface area contributed by atoms with Crippen LogP contribution in [0.5, 0.6) is 17.2 Å². The van der Waals surface area contributed by atoms with Gasteiger partial charge < -0.3 is 10.2 Å². The van der Waals surface area contributed by atoms with Crippen molar-refractivity contribution in [2.24, 2.45) is 0 Å². The molecule has 0 unspecified atom stereocenters. The molecule has 0 fully saturated rings. The van der Waals surface area contributed by atoms with Gasteiger partial charge in [0.15, 0.2) is 0 Å². The van der Waals surface area contributed by atoms with Crippen molar-refractivity contribution in [2.75, 3.05) is 0 Å².